The number of rotatable bonds is 5. The lowest BCUT2D eigenvalue weighted by molar-refractivity contribution is -0.274. The highest BCUT2D eigenvalue weighted by Gasteiger charge is 2.41. The largest absolute Gasteiger partial charge is 0.573 e. The van der Waals surface area contributed by atoms with Gasteiger partial charge in [0.25, 0.3) is 0 Å². The summed E-state index contributed by atoms with van der Waals surface area (Å²) in [6, 6.07) is 15.2. The Kier molecular flexibility index (Phi) is 7.22. The third-order valence-corrected chi connectivity index (χ3v) is 7.00. The third kappa shape index (κ3) is 6.30. The van der Waals surface area contributed by atoms with Gasteiger partial charge in [0.2, 0.25) is 0 Å². The van der Waals surface area contributed by atoms with Crippen molar-refractivity contribution in [3.05, 3.63) is 66.2 Å². The molecular formula is C28H30F3N3O3S. The maximum absolute atomic E-state index is 12.8. The summed E-state index contributed by atoms with van der Waals surface area (Å²) in [5.74, 6) is -0.225. The van der Waals surface area contributed by atoms with Crippen molar-refractivity contribution in [2.24, 2.45) is 0 Å². The molecule has 6 nitrogen and oxygen atoms in total. The Hall–Kier alpha value is -3.53. The molecule has 0 atom stereocenters. The van der Waals surface area contributed by atoms with Crippen LogP contribution in [0.15, 0.2) is 65.6 Å². The SMILES string of the molecule is CC(C)(C)Sc1ccc(O)c2c1C(C)(C)CN2c1ccccc1NC(=O)Nc1ccc(OC(F)(F)F)cc1. The molecule has 0 spiro atoms. The van der Waals surface area contributed by atoms with Gasteiger partial charge in [-0.25, -0.2) is 4.79 Å². The minimum Gasteiger partial charge on any atom is -0.506 e. The molecule has 0 saturated carbocycles. The first kappa shape index (κ1) is 27.5. The first-order valence-corrected chi connectivity index (χ1v) is 12.8. The number of anilines is 4. The van der Waals surface area contributed by atoms with E-state index in [1.54, 1.807) is 30.0 Å². The molecule has 10 heteroatoms. The van der Waals surface area contributed by atoms with E-state index in [1.807, 2.05) is 23.1 Å². The van der Waals surface area contributed by atoms with E-state index in [1.165, 1.54) is 12.1 Å². The number of ether oxygens (including phenoxy) is 1. The number of phenols is 1. The number of thioether (sulfide) groups is 1. The van der Waals surface area contributed by atoms with Gasteiger partial charge in [-0.1, -0.05) is 46.8 Å². The van der Waals surface area contributed by atoms with Crippen molar-refractivity contribution in [1.29, 1.82) is 0 Å². The van der Waals surface area contributed by atoms with Crippen molar-refractivity contribution in [2.75, 3.05) is 22.1 Å². The summed E-state index contributed by atoms with van der Waals surface area (Å²) in [5.41, 5.74) is 2.99. The predicted octanol–water partition coefficient (Wildman–Crippen LogP) is 8.25. The topological polar surface area (TPSA) is 73.8 Å². The summed E-state index contributed by atoms with van der Waals surface area (Å²) in [5, 5.41) is 16.4. The number of aromatic hydroxyl groups is 1. The van der Waals surface area contributed by atoms with E-state index in [4.69, 9.17) is 0 Å². The van der Waals surface area contributed by atoms with Gasteiger partial charge >= 0.3 is 12.4 Å². The van der Waals surface area contributed by atoms with Crippen molar-refractivity contribution >= 4 is 40.5 Å². The lowest BCUT2D eigenvalue weighted by atomic mass is 9.87. The fourth-order valence-electron chi connectivity index (χ4n) is 4.50. The van der Waals surface area contributed by atoms with Crippen LogP contribution < -0.4 is 20.3 Å². The normalized spacial score (nSPS) is 14.7. The van der Waals surface area contributed by atoms with Crippen LogP contribution in [0.4, 0.5) is 40.7 Å². The van der Waals surface area contributed by atoms with E-state index in [2.05, 4.69) is 50.0 Å². The van der Waals surface area contributed by atoms with Crippen molar-refractivity contribution < 1.29 is 27.8 Å². The highest BCUT2D eigenvalue weighted by atomic mass is 32.2. The zero-order valence-electron chi connectivity index (χ0n) is 21.7. The Balaban J connectivity index is 1.60. The zero-order valence-corrected chi connectivity index (χ0v) is 22.6. The maximum atomic E-state index is 12.8. The Bertz CT molecular complexity index is 1340. The quantitative estimate of drug-likeness (QED) is 0.282. The van der Waals surface area contributed by atoms with Crippen molar-refractivity contribution in [2.45, 2.75) is 56.0 Å². The van der Waals surface area contributed by atoms with Gasteiger partial charge < -0.3 is 25.4 Å². The molecule has 0 bridgehead atoms. The van der Waals surface area contributed by atoms with Crippen LogP contribution in [-0.2, 0) is 5.41 Å². The molecule has 1 heterocycles. The van der Waals surface area contributed by atoms with Crippen LogP contribution in [0.3, 0.4) is 0 Å². The molecule has 0 fully saturated rings. The van der Waals surface area contributed by atoms with Gasteiger partial charge in [0, 0.05) is 32.9 Å². The number of halogens is 3. The minimum atomic E-state index is -4.79. The monoisotopic (exact) mass is 545 g/mol. The molecule has 3 N–H and O–H groups in total. The molecule has 0 aliphatic carbocycles. The Morgan fingerprint density at radius 1 is 1.00 bits per heavy atom. The van der Waals surface area contributed by atoms with Crippen molar-refractivity contribution in [3.63, 3.8) is 0 Å². The molecule has 38 heavy (non-hydrogen) atoms. The first-order chi connectivity index (χ1) is 17.6. The Morgan fingerprint density at radius 3 is 2.29 bits per heavy atom. The second-order valence-electron chi connectivity index (χ2n) is 10.7. The first-order valence-electron chi connectivity index (χ1n) is 12.0. The molecule has 0 saturated heterocycles. The summed E-state index contributed by atoms with van der Waals surface area (Å²) in [7, 11) is 0. The second-order valence-corrected chi connectivity index (χ2v) is 12.5. The smallest absolute Gasteiger partial charge is 0.506 e. The number of alkyl halides is 3. The van der Waals surface area contributed by atoms with Crippen LogP contribution in [0, 0.1) is 0 Å². The van der Waals surface area contributed by atoms with E-state index in [9.17, 15) is 23.1 Å². The number of amides is 2. The van der Waals surface area contributed by atoms with Crippen LogP contribution in [0.2, 0.25) is 0 Å². The molecule has 1 aliphatic heterocycles. The van der Waals surface area contributed by atoms with Crippen LogP contribution in [0.1, 0.15) is 40.2 Å². The van der Waals surface area contributed by atoms with E-state index in [0.717, 1.165) is 22.6 Å². The van der Waals surface area contributed by atoms with Gasteiger partial charge in [-0.15, -0.1) is 24.9 Å². The highest BCUT2D eigenvalue weighted by Crippen LogP contribution is 2.54. The summed E-state index contributed by atoms with van der Waals surface area (Å²) in [4.78, 5) is 15.9. The lowest BCUT2D eigenvalue weighted by Crippen LogP contribution is -2.27. The maximum Gasteiger partial charge on any atom is 0.573 e. The van der Waals surface area contributed by atoms with Gasteiger partial charge in [-0.3, -0.25) is 0 Å². The number of nitrogens with zero attached hydrogens (tertiary/aromatic N) is 1. The van der Waals surface area contributed by atoms with Crippen molar-refractivity contribution in [3.8, 4) is 11.5 Å². The number of hydrogen-bond donors (Lipinski definition) is 3. The van der Waals surface area contributed by atoms with Gasteiger partial charge in [0.15, 0.2) is 0 Å². The van der Waals surface area contributed by atoms with Gasteiger partial charge in [-0.05, 0) is 48.5 Å². The molecule has 0 aromatic heterocycles. The second kappa shape index (κ2) is 9.98. The predicted molar refractivity (Wildman–Crippen MR) is 146 cm³/mol. The summed E-state index contributed by atoms with van der Waals surface area (Å²) >= 11 is 1.75. The van der Waals surface area contributed by atoms with E-state index in [-0.39, 0.29) is 21.7 Å². The molecule has 2 amide bonds. The van der Waals surface area contributed by atoms with Crippen LogP contribution >= 0.6 is 11.8 Å². The Labute approximate surface area is 224 Å². The molecule has 3 aromatic rings. The summed E-state index contributed by atoms with van der Waals surface area (Å²) < 4.78 is 41.0. The molecule has 0 unspecified atom stereocenters. The number of urea groups is 1. The van der Waals surface area contributed by atoms with E-state index >= 15 is 0 Å². The fourth-order valence-corrected chi connectivity index (χ4v) is 5.77. The highest BCUT2D eigenvalue weighted by molar-refractivity contribution is 8.00. The number of hydrogen-bond acceptors (Lipinski definition) is 5. The third-order valence-electron chi connectivity index (χ3n) is 5.82. The number of nitrogens with one attached hydrogen (secondary N) is 2. The lowest BCUT2D eigenvalue weighted by Gasteiger charge is -2.25. The average molecular weight is 546 g/mol. The summed E-state index contributed by atoms with van der Waals surface area (Å²) in [6.45, 7) is 11.3. The number of fused-ring (bicyclic) bond motifs is 1. The molecule has 1 aliphatic rings. The number of benzene rings is 3. The van der Waals surface area contributed by atoms with Crippen LogP contribution in [-0.4, -0.2) is 28.8 Å². The van der Waals surface area contributed by atoms with Gasteiger partial charge in [-0.2, -0.15) is 0 Å². The number of phenolic OH excluding ortho intramolecular Hbond substituents is 1. The van der Waals surface area contributed by atoms with Gasteiger partial charge in [0.05, 0.1) is 17.1 Å². The number of carbonyl (C=O) groups excluding carboxylic acids is 1. The average Bonchev–Trinajstić information content (AvgIpc) is 3.08. The van der Waals surface area contributed by atoms with Gasteiger partial charge in [0.1, 0.15) is 11.5 Å². The van der Waals surface area contributed by atoms with E-state index < -0.39 is 12.4 Å². The summed E-state index contributed by atoms with van der Waals surface area (Å²) in [6.07, 6.45) is -4.79. The van der Waals surface area contributed by atoms with Crippen LogP contribution in [0.5, 0.6) is 11.5 Å². The molecular weight excluding hydrogens is 515 g/mol. The van der Waals surface area contributed by atoms with Crippen molar-refractivity contribution in [1.82, 2.24) is 0 Å². The molecule has 202 valence electrons. The Morgan fingerprint density at radius 2 is 1.66 bits per heavy atom. The molecule has 0 radical (unpaired) electrons. The zero-order chi connectivity index (χ0) is 27.9. The molecule has 4 rings (SSSR count). The van der Waals surface area contributed by atoms with E-state index in [0.29, 0.717) is 29.3 Å². The van der Waals surface area contributed by atoms with Crippen LogP contribution in [0.25, 0.3) is 0 Å². The standard InChI is InChI=1S/C28H30F3N3O3S/c1-26(2,3)38-22-15-14-21(35)24-23(22)27(4,5)16-34(24)20-9-7-6-8-19(20)33-25(36)32-17-10-12-18(13-11-17)37-28(29,30)31/h6-15,35H,16H2,1-5H3,(H2,32,33,36). The minimum absolute atomic E-state index is 0.0249. The fraction of sp³-hybridized carbons (Fsp3) is 0.321. The number of carbonyl (C=O) groups is 1. The molecule has 3 aromatic carbocycles. The number of para-hydroxylation sites is 2.